The first kappa shape index (κ1) is 24.1. The third-order valence-corrected chi connectivity index (χ3v) is 3.43. The van der Waals surface area contributed by atoms with Gasteiger partial charge in [0.05, 0.1) is 12.1 Å². The Labute approximate surface area is 161 Å². The number of halogens is 1. The van der Waals surface area contributed by atoms with Gasteiger partial charge in [0.1, 0.15) is 0 Å². The van der Waals surface area contributed by atoms with Crippen LogP contribution in [0.3, 0.4) is 0 Å². The van der Waals surface area contributed by atoms with Crippen molar-refractivity contribution in [3.05, 3.63) is 57.9 Å². The van der Waals surface area contributed by atoms with Gasteiger partial charge in [-0.15, -0.1) is 0 Å². The number of aryl methyl sites for hydroxylation is 1. The molecule has 1 aromatic heterocycles. The van der Waals surface area contributed by atoms with E-state index in [0.717, 1.165) is 5.56 Å². The first-order chi connectivity index (χ1) is 9.40. The first-order valence-electron chi connectivity index (χ1n) is 6.07. The van der Waals surface area contributed by atoms with E-state index in [1.54, 1.807) is 48.9 Å². The summed E-state index contributed by atoms with van der Waals surface area (Å²) in [5.74, 6) is -1.06. The smallest absolute Gasteiger partial charge is 0.309 e. The van der Waals surface area contributed by atoms with Crippen molar-refractivity contribution in [3.8, 4) is 0 Å². The number of hydrogen-bond donors (Lipinski definition) is 1. The molecule has 0 unspecified atom stereocenters. The number of rotatable bonds is 4. The van der Waals surface area contributed by atoms with Crippen LogP contribution in [0, 0.1) is 6.92 Å². The van der Waals surface area contributed by atoms with Gasteiger partial charge < -0.3 is 20.6 Å². The minimum Gasteiger partial charge on any atom is -0.481 e. The largest absolute Gasteiger partial charge is 0.481 e. The second kappa shape index (κ2) is 9.87. The van der Waals surface area contributed by atoms with Gasteiger partial charge in [0.25, 0.3) is 0 Å². The molecule has 0 amide bonds. The van der Waals surface area contributed by atoms with Crippen LogP contribution in [0.25, 0.3) is 0 Å². The van der Waals surface area contributed by atoms with Crippen molar-refractivity contribution >= 4 is 52.9 Å². The zero-order valence-electron chi connectivity index (χ0n) is 13.2. The molecule has 0 spiro atoms. The van der Waals surface area contributed by atoms with E-state index in [1.165, 1.54) is 0 Å². The molecule has 0 bridgehead atoms. The molecule has 0 fully saturated rings. The average molecular weight is 351 g/mol. The van der Waals surface area contributed by atoms with Crippen molar-refractivity contribution in [1.82, 2.24) is 4.57 Å². The van der Waals surface area contributed by atoms with Gasteiger partial charge in [-0.1, -0.05) is 11.6 Å². The molecule has 0 aliphatic carbocycles. The zero-order valence-corrected chi connectivity index (χ0v) is 15.9. The van der Waals surface area contributed by atoms with Crippen molar-refractivity contribution < 1.29 is 25.6 Å². The molecular weight excluding hydrogens is 333 g/mol. The maximum absolute atomic E-state index is 12.5. The number of hydrogen-bond acceptors (Lipinski definition) is 2. The molecule has 5 N–H and O–H groups in total. The van der Waals surface area contributed by atoms with E-state index in [4.69, 9.17) is 16.7 Å². The number of carbonyl (C=O) groups is 2. The van der Waals surface area contributed by atoms with Gasteiger partial charge in [-0.2, -0.15) is 0 Å². The number of nitrogens with zero attached hydrogens (tertiary/aromatic N) is 1. The zero-order chi connectivity index (χ0) is 14.9. The Morgan fingerprint density at radius 1 is 1.17 bits per heavy atom. The fourth-order valence-corrected chi connectivity index (χ4v) is 2.34. The summed E-state index contributed by atoms with van der Waals surface area (Å²) in [6, 6.07) is 8.37. The number of benzene rings is 1. The van der Waals surface area contributed by atoms with Crippen LogP contribution < -0.4 is 0 Å². The Morgan fingerprint density at radius 3 is 2.17 bits per heavy atom. The third kappa shape index (κ3) is 5.46. The van der Waals surface area contributed by atoms with Gasteiger partial charge in [-0.25, -0.2) is 0 Å². The minimum atomic E-state index is -0.920. The van der Waals surface area contributed by atoms with Gasteiger partial charge >= 0.3 is 5.97 Å². The second-order valence-electron chi connectivity index (χ2n) is 4.63. The Balaban J connectivity index is 0. The van der Waals surface area contributed by atoms with Gasteiger partial charge in [-0.05, 0) is 42.8 Å². The summed E-state index contributed by atoms with van der Waals surface area (Å²) >= 11 is 5.80. The summed E-state index contributed by atoms with van der Waals surface area (Å²) < 4.78 is 1.64. The summed E-state index contributed by atoms with van der Waals surface area (Å²) in [7, 11) is 1.70. The maximum atomic E-state index is 12.5. The molecule has 0 aliphatic heterocycles. The fraction of sp³-hybridized carbons (Fsp3) is 0.200. The predicted molar refractivity (Wildman–Crippen MR) is 89.4 cm³/mol. The summed E-state index contributed by atoms with van der Waals surface area (Å²) in [5, 5.41) is 9.43. The number of aliphatic carboxylic acids is 1. The molecule has 1 aromatic carbocycles. The molecule has 0 saturated carbocycles. The molecule has 6 nitrogen and oxygen atoms in total. The molecule has 2 rings (SSSR count). The molecule has 2 aromatic rings. The van der Waals surface area contributed by atoms with Crippen LogP contribution >= 0.6 is 11.6 Å². The van der Waals surface area contributed by atoms with Crippen molar-refractivity contribution in [1.29, 1.82) is 0 Å². The van der Waals surface area contributed by atoms with E-state index in [1.807, 2.05) is 0 Å². The van der Waals surface area contributed by atoms with Crippen molar-refractivity contribution in [2.45, 2.75) is 13.3 Å². The molecule has 1 radical (unpaired) electrons. The summed E-state index contributed by atoms with van der Waals surface area (Å²) in [4.78, 5) is 23.3. The molecule has 0 saturated heterocycles. The Morgan fingerprint density at radius 2 is 1.70 bits per heavy atom. The van der Waals surface area contributed by atoms with E-state index in [-0.39, 0.29) is 52.7 Å². The average Bonchev–Trinajstić information content (AvgIpc) is 2.64. The van der Waals surface area contributed by atoms with Crippen LogP contribution in [-0.2, 0) is 18.3 Å². The SMILES string of the molecule is Cc1cc(CC(=O)O)n(C)c1C(=O)c1ccc(Cl)cc1.O.O.[Na]. The molecule has 23 heavy (non-hydrogen) atoms. The van der Waals surface area contributed by atoms with Gasteiger partial charge in [0.2, 0.25) is 5.78 Å². The van der Waals surface area contributed by atoms with Gasteiger partial charge in [-0.3, -0.25) is 9.59 Å². The Hall–Kier alpha value is -1.15. The Kier molecular flexibility index (Phi) is 10.3. The van der Waals surface area contributed by atoms with E-state index in [9.17, 15) is 9.59 Å². The summed E-state index contributed by atoms with van der Waals surface area (Å²) in [6.07, 6.45) is -0.106. The summed E-state index contributed by atoms with van der Waals surface area (Å²) in [5.41, 5.74) is 2.40. The monoisotopic (exact) mass is 350 g/mol. The van der Waals surface area contributed by atoms with Crippen molar-refractivity contribution in [2.24, 2.45) is 7.05 Å². The van der Waals surface area contributed by atoms with E-state index in [0.29, 0.717) is 22.0 Å². The number of aromatic nitrogens is 1. The van der Waals surface area contributed by atoms with Crippen molar-refractivity contribution in [3.63, 3.8) is 0 Å². The fourth-order valence-electron chi connectivity index (χ4n) is 2.22. The molecule has 1 heterocycles. The minimum absolute atomic E-state index is 0. The quantitative estimate of drug-likeness (QED) is 0.648. The standard InChI is InChI=1S/C15H14ClNO3.Na.2H2O/c1-9-7-12(8-13(18)19)17(2)14(9)15(20)10-3-5-11(16)6-4-10;;;/h3-7H,8H2,1-2H3,(H,18,19);;2*1H2. The first-order valence-corrected chi connectivity index (χ1v) is 6.45. The topological polar surface area (TPSA) is 122 Å². The molecule has 8 heteroatoms. The number of ketones is 1. The van der Waals surface area contributed by atoms with E-state index < -0.39 is 5.97 Å². The van der Waals surface area contributed by atoms with Crippen LogP contribution in [0.15, 0.2) is 30.3 Å². The van der Waals surface area contributed by atoms with E-state index >= 15 is 0 Å². The third-order valence-electron chi connectivity index (χ3n) is 3.18. The van der Waals surface area contributed by atoms with Crippen LogP contribution in [0.4, 0.5) is 0 Å². The number of carbonyl (C=O) groups excluding carboxylic acids is 1. The van der Waals surface area contributed by atoms with E-state index in [2.05, 4.69) is 0 Å². The van der Waals surface area contributed by atoms with Crippen LogP contribution in [-0.4, -0.2) is 61.9 Å². The Bertz CT molecular complexity index is 682. The molecule has 0 aliphatic rings. The second-order valence-corrected chi connectivity index (χ2v) is 5.07. The van der Waals surface area contributed by atoms with Gasteiger partial charge in [0, 0.05) is 52.9 Å². The molecule has 121 valence electrons. The van der Waals surface area contributed by atoms with Crippen LogP contribution in [0.5, 0.6) is 0 Å². The number of carboxylic acids is 1. The molecule has 0 atom stereocenters. The number of carboxylic acid groups (broad SMARTS) is 1. The molecular formula is C15H18ClNNaO5. The normalized spacial score (nSPS) is 9.17. The van der Waals surface area contributed by atoms with Gasteiger partial charge in [0.15, 0.2) is 0 Å². The predicted octanol–water partition coefficient (Wildman–Crippen LogP) is 0.815. The van der Waals surface area contributed by atoms with Crippen LogP contribution in [0.1, 0.15) is 27.3 Å². The van der Waals surface area contributed by atoms with Crippen molar-refractivity contribution in [2.75, 3.05) is 0 Å². The maximum Gasteiger partial charge on any atom is 0.309 e. The summed E-state index contributed by atoms with van der Waals surface area (Å²) in [6.45, 7) is 1.80. The van der Waals surface area contributed by atoms with Crippen LogP contribution in [0.2, 0.25) is 5.02 Å².